The highest BCUT2D eigenvalue weighted by molar-refractivity contribution is 5.45. The van der Waals surface area contributed by atoms with E-state index in [0.717, 1.165) is 11.3 Å². The Morgan fingerprint density at radius 3 is 2.47 bits per heavy atom. The Morgan fingerprint density at radius 1 is 1.40 bits per heavy atom. The number of nitrogens with one attached hydrogen (secondary N) is 1. The first-order chi connectivity index (χ1) is 7.13. The smallest absolute Gasteiger partial charge is 0.123 e. The summed E-state index contributed by atoms with van der Waals surface area (Å²) in [5.41, 5.74) is 7.60. The van der Waals surface area contributed by atoms with Gasteiger partial charge in [-0.05, 0) is 35.8 Å². The van der Waals surface area contributed by atoms with Crippen LogP contribution < -0.4 is 11.1 Å². The van der Waals surface area contributed by atoms with Crippen LogP contribution in [-0.4, -0.2) is 6.54 Å². The maximum Gasteiger partial charge on any atom is 0.123 e. The predicted molar refractivity (Wildman–Crippen MR) is 62.0 cm³/mol. The highest BCUT2D eigenvalue weighted by Crippen LogP contribution is 2.11. The SMILES string of the molecule is CC(C)/C(=C/Nc1ccc(F)cc1)CN. The van der Waals surface area contributed by atoms with E-state index in [2.05, 4.69) is 19.2 Å². The Hall–Kier alpha value is -1.35. The third-order valence-corrected chi connectivity index (χ3v) is 2.25. The van der Waals surface area contributed by atoms with Crippen LogP contribution in [0.5, 0.6) is 0 Å². The Balaban J connectivity index is 2.66. The fourth-order valence-corrected chi connectivity index (χ4v) is 1.18. The van der Waals surface area contributed by atoms with Gasteiger partial charge in [0.2, 0.25) is 0 Å². The molecule has 0 fully saturated rings. The lowest BCUT2D eigenvalue weighted by Crippen LogP contribution is -2.10. The molecule has 0 aromatic heterocycles. The van der Waals surface area contributed by atoms with E-state index >= 15 is 0 Å². The summed E-state index contributed by atoms with van der Waals surface area (Å²) in [5.74, 6) is 0.190. The second-order valence-corrected chi connectivity index (χ2v) is 3.73. The monoisotopic (exact) mass is 208 g/mol. The van der Waals surface area contributed by atoms with Crippen LogP contribution in [0.2, 0.25) is 0 Å². The van der Waals surface area contributed by atoms with E-state index in [-0.39, 0.29) is 5.82 Å². The number of hydrogen-bond acceptors (Lipinski definition) is 2. The van der Waals surface area contributed by atoms with Crippen LogP contribution in [0, 0.1) is 11.7 Å². The first-order valence-corrected chi connectivity index (χ1v) is 5.04. The minimum atomic E-state index is -0.229. The average Bonchev–Trinajstić information content (AvgIpc) is 2.21. The molecule has 0 aliphatic rings. The van der Waals surface area contributed by atoms with E-state index < -0.39 is 0 Å². The van der Waals surface area contributed by atoms with Crippen LogP contribution in [-0.2, 0) is 0 Å². The third kappa shape index (κ3) is 3.72. The van der Waals surface area contributed by atoms with Gasteiger partial charge in [0.15, 0.2) is 0 Å². The van der Waals surface area contributed by atoms with Crippen LogP contribution in [0.1, 0.15) is 13.8 Å². The zero-order chi connectivity index (χ0) is 11.3. The Kier molecular flexibility index (Phi) is 4.31. The summed E-state index contributed by atoms with van der Waals surface area (Å²) in [7, 11) is 0. The molecule has 0 saturated heterocycles. The van der Waals surface area contributed by atoms with Crippen molar-refractivity contribution in [3.8, 4) is 0 Å². The molecule has 3 N–H and O–H groups in total. The molecule has 1 aromatic carbocycles. The molecular formula is C12H17FN2. The zero-order valence-electron chi connectivity index (χ0n) is 9.13. The molecular weight excluding hydrogens is 191 g/mol. The first kappa shape index (κ1) is 11.7. The van der Waals surface area contributed by atoms with Crippen molar-refractivity contribution >= 4 is 5.69 Å². The minimum Gasteiger partial charge on any atom is -0.362 e. The molecule has 82 valence electrons. The van der Waals surface area contributed by atoms with Crippen LogP contribution in [0.25, 0.3) is 0 Å². The van der Waals surface area contributed by atoms with Crippen LogP contribution in [0.15, 0.2) is 36.0 Å². The third-order valence-electron chi connectivity index (χ3n) is 2.25. The molecule has 0 amide bonds. The summed E-state index contributed by atoms with van der Waals surface area (Å²) in [6.45, 7) is 4.71. The molecule has 0 saturated carbocycles. The van der Waals surface area contributed by atoms with Gasteiger partial charge in [0.25, 0.3) is 0 Å². The largest absolute Gasteiger partial charge is 0.362 e. The lowest BCUT2D eigenvalue weighted by atomic mass is 10.1. The van der Waals surface area contributed by atoms with Crippen molar-refractivity contribution in [1.29, 1.82) is 0 Å². The molecule has 0 heterocycles. The molecule has 0 bridgehead atoms. The normalized spacial score (nSPS) is 11.9. The molecule has 15 heavy (non-hydrogen) atoms. The predicted octanol–water partition coefficient (Wildman–Crippen LogP) is 2.74. The second kappa shape index (κ2) is 5.51. The zero-order valence-corrected chi connectivity index (χ0v) is 9.13. The fourth-order valence-electron chi connectivity index (χ4n) is 1.18. The van der Waals surface area contributed by atoms with Gasteiger partial charge in [-0.3, -0.25) is 0 Å². The van der Waals surface area contributed by atoms with Crippen molar-refractivity contribution in [2.24, 2.45) is 11.7 Å². The average molecular weight is 208 g/mol. The van der Waals surface area contributed by atoms with Gasteiger partial charge in [0.1, 0.15) is 5.82 Å². The molecule has 3 heteroatoms. The van der Waals surface area contributed by atoms with Crippen molar-refractivity contribution in [2.45, 2.75) is 13.8 Å². The van der Waals surface area contributed by atoms with Gasteiger partial charge in [-0.15, -0.1) is 0 Å². The number of anilines is 1. The molecule has 1 rings (SSSR count). The molecule has 0 aliphatic carbocycles. The van der Waals surface area contributed by atoms with Crippen molar-refractivity contribution < 1.29 is 4.39 Å². The summed E-state index contributed by atoms with van der Waals surface area (Å²) in [4.78, 5) is 0. The van der Waals surface area contributed by atoms with Crippen molar-refractivity contribution in [2.75, 3.05) is 11.9 Å². The number of halogens is 1. The maximum absolute atomic E-state index is 12.6. The van der Waals surface area contributed by atoms with E-state index in [1.807, 2.05) is 6.20 Å². The number of benzene rings is 1. The number of hydrogen-bond donors (Lipinski definition) is 2. The Morgan fingerprint density at radius 2 is 2.00 bits per heavy atom. The topological polar surface area (TPSA) is 38.0 Å². The van der Waals surface area contributed by atoms with Gasteiger partial charge in [-0.1, -0.05) is 13.8 Å². The summed E-state index contributed by atoms with van der Waals surface area (Å²) >= 11 is 0. The maximum atomic E-state index is 12.6. The second-order valence-electron chi connectivity index (χ2n) is 3.73. The van der Waals surface area contributed by atoms with E-state index in [0.29, 0.717) is 12.5 Å². The lowest BCUT2D eigenvalue weighted by Gasteiger charge is -2.09. The van der Waals surface area contributed by atoms with Gasteiger partial charge >= 0.3 is 0 Å². The van der Waals surface area contributed by atoms with Gasteiger partial charge in [0.05, 0.1) is 0 Å². The van der Waals surface area contributed by atoms with Gasteiger partial charge in [-0.2, -0.15) is 0 Å². The van der Waals surface area contributed by atoms with E-state index in [4.69, 9.17) is 5.73 Å². The summed E-state index contributed by atoms with van der Waals surface area (Å²) in [6.07, 6.45) is 1.89. The molecule has 1 aromatic rings. The molecule has 0 unspecified atom stereocenters. The summed E-state index contributed by atoms with van der Waals surface area (Å²) in [5, 5.41) is 3.10. The Labute approximate surface area is 90.0 Å². The molecule has 0 radical (unpaired) electrons. The first-order valence-electron chi connectivity index (χ1n) is 5.04. The molecule has 0 aliphatic heterocycles. The minimum absolute atomic E-state index is 0.229. The van der Waals surface area contributed by atoms with Gasteiger partial charge < -0.3 is 11.1 Å². The number of nitrogens with two attached hydrogens (primary N) is 1. The molecule has 0 spiro atoms. The van der Waals surface area contributed by atoms with Crippen LogP contribution in [0.4, 0.5) is 10.1 Å². The van der Waals surface area contributed by atoms with Crippen LogP contribution in [0.3, 0.4) is 0 Å². The quantitative estimate of drug-likeness (QED) is 0.798. The highest BCUT2D eigenvalue weighted by Gasteiger charge is 1.99. The summed E-state index contributed by atoms with van der Waals surface area (Å²) < 4.78 is 12.6. The number of rotatable bonds is 4. The van der Waals surface area contributed by atoms with Crippen molar-refractivity contribution in [3.63, 3.8) is 0 Å². The molecule has 0 atom stereocenters. The van der Waals surface area contributed by atoms with Crippen LogP contribution >= 0.6 is 0 Å². The summed E-state index contributed by atoms with van der Waals surface area (Å²) in [6, 6.07) is 6.24. The molecule has 2 nitrogen and oxygen atoms in total. The lowest BCUT2D eigenvalue weighted by molar-refractivity contribution is 0.628. The van der Waals surface area contributed by atoms with Crippen molar-refractivity contribution in [3.05, 3.63) is 41.9 Å². The van der Waals surface area contributed by atoms with E-state index in [1.165, 1.54) is 12.1 Å². The van der Waals surface area contributed by atoms with Gasteiger partial charge in [-0.25, -0.2) is 4.39 Å². The van der Waals surface area contributed by atoms with Crippen molar-refractivity contribution in [1.82, 2.24) is 0 Å². The van der Waals surface area contributed by atoms with Gasteiger partial charge in [0, 0.05) is 18.4 Å². The van der Waals surface area contributed by atoms with E-state index in [9.17, 15) is 4.39 Å². The Bertz CT molecular complexity index is 328. The highest BCUT2D eigenvalue weighted by atomic mass is 19.1. The van der Waals surface area contributed by atoms with E-state index in [1.54, 1.807) is 12.1 Å². The fraction of sp³-hybridized carbons (Fsp3) is 0.333. The standard InChI is InChI=1S/C12H17FN2/c1-9(2)10(7-14)8-15-12-5-3-11(13)4-6-12/h3-6,8-9,15H,7,14H2,1-2H3/b10-8+.